The first-order chi connectivity index (χ1) is 16.1. The Morgan fingerprint density at radius 1 is 1.09 bits per heavy atom. The van der Waals surface area contributed by atoms with E-state index in [0.717, 1.165) is 34.6 Å². The molecule has 0 aliphatic carbocycles. The highest BCUT2D eigenvalue weighted by Gasteiger charge is 2.31. The van der Waals surface area contributed by atoms with Crippen LogP contribution in [0.1, 0.15) is 22.3 Å². The summed E-state index contributed by atoms with van der Waals surface area (Å²) >= 11 is 1.40. The van der Waals surface area contributed by atoms with E-state index in [1.54, 1.807) is 0 Å². The number of anilines is 2. The molecule has 1 aliphatic heterocycles. The van der Waals surface area contributed by atoms with Crippen LogP contribution in [-0.2, 0) is 11.0 Å². The standard InChI is InChI=1S/C24H26F3N5OS/c1-15-10-16(2)22(17(3)11-15)19-14-34-23(29-19)30-21(33)13-31-6-8-32(9-7-31)20-5-4-18(12-28-20)24(25,26)27/h4-5,10-12,14H,6-9,13H2,1-3H3,(H,29,30,33). The number of hydrogen-bond donors (Lipinski definition) is 1. The molecule has 6 nitrogen and oxygen atoms in total. The third-order valence-corrected chi connectivity index (χ3v) is 6.58. The Balaban J connectivity index is 1.30. The molecular formula is C24H26F3N5OS. The number of hydrogen-bond acceptors (Lipinski definition) is 6. The monoisotopic (exact) mass is 489 g/mol. The van der Waals surface area contributed by atoms with Crippen LogP contribution in [0.2, 0.25) is 0 Å². The number of amides is 1. The molecule has 1 aliphatic rings. The maximum absolute atomic E-state index is 12.7. The molecule has 0 bridgehead atoms. The summed E-state index contributed by atoms with van der Waals surface area (Å²) in [7, 11) is 0. The number of rotatable bonds is 5. The number of carbonyl (C=O) groups is 1. The predicted molar refractivity (Wildman–Crippen MR) is 128 cm³/mol. The second kappa shape index (κ2) is 9.71. The van der Waals surface area contributed by atoms with E-state index >= 15 is 0 Å². The smallest absolute Gasteiger partial charge is 0.354 e. The molecule has 3 heterocycles. The zero-order chi connectivity index (χ0) is 24.5. The number of benzene rings is 1. The number of nitrogens with one attached hydrogen (secondary N) is 1. The molecule has 10 heteroatoms. The van der Waals surface area contributed by atoms with E-state index in [-0.39, 0.29) is 12.5 Å². The van der Waals surface area contributed by atoms with Crippen molar-refractivity contribution in [3.63, 3.8) is 0 Å². The minimum Gasteiger partial charge on any atom is -0.354 e. The van der Waals surface area contributed by atoms with Gasteiger partial charge < -0.3 is 10.2 Å². The van der Waals surface area contributed by atoms with E-state index < -0.39 is 11.7 Å². The molecule has 0 saturated carbocycles. The van der Waals surface area contributed by atoms with E-state index in [1.807, 2.05) is 15.2 Å². The minimum absolute atomic E-state index is 0.139. The van der Waals surface area contributed by atoms with Crippen molar-refractivity contribution >= 4 is 28.2 Å². The van der Waals surface area contributed by atoms with E-state index in [4.69, 9.17) is 0 Å². The number of piperazine rings is 1. The number of aromatic nitrogens is 2. The van der Waals surface area contributed by atoms with Crippen molar-refractivity contribution in [2.24, 2.45) is 0 Å². The SMILES string of the molecule is Cc1cc(C)c(-c2csc(NC(=O)CN3CCN(c4ccc(C(F)(F)F)cn4)CC3)n2)c(C)c1. The maximum Gasteiger partial charge on any atom is 0.417 e. The fraction of sp³-hybridized carbons (Fsp3) is 0.375. The van der Waals surface area contributed by atoms with Crippen molar-refractivity contribution in [2.45, 2.75) is 26.9 Å². The molecule has 1 amide bonds. The topological polar surface area (TPSA) is 61.4 Å². The highest BCUT2D eigenvalue weighted by Crippen LogP contribution is 2.31. The molecule has 4 rings (SSSR count). The molecule has 34 heavy (non-hydrogen) atoms. The summed E-state index contributed by atoms with van der Waals surface area (Å²) < 4.78 is 38.2. The van der Waals surface area contributed by atoms with Crippen molar-refractivity contribution in [1.82, 2.24) is 14.9 Å². The van der Waals surface area contributed by atoms with Gasteiger partial charge in [-0.2, -0.15) is 13.2 Å². The number of aryl methyl sites for hydroxylation is 3. The van der Waals surface area contributed by atoms with E-state index in [1.165, 1.54) is 23.0 Å². The van der Waals surface area contributed by atoms with Gasteiger partial charge in [0.2, 0.25) is 5.91 Å². The summed E-state index contributed by atoms with van der Waals surface area (Å²) in [5, 5.41) is 5.40. The number of pyridine rings is 1. The third kappa shape index (κ3) is 5.56. The van der Waals surface area contributed by atoms with Crippen LogP contribution in [0.3, 0.4) is 0 Å². The first-order valence-corrected chi connectivity index (χ1v) is 11.8. The molecular weight excluding hydrogens is 463 g/mol. The molecule has 1 saturated heterocycles. The summed E-state index contributed by atoms with van der Waals surface area (Å²) in [5.41, 5.74) is 4.70. The molecule has 0 spiro atoms. The lowest BCUT2D eigenvalue weighted by atomic mass is 9.98. The molecule has 0 unspecified atom stereocenters. The summed E-state index contributed by atoms with van der Waals surface area (Å²) in [6.45, 7) is 8.81. The number of thiazole rings is 1. The predicted octanol–water partition coefficient (Wildman–Crippen LogP) is 4.91. The zero-order valence-electron chi connectivity index (χ0n) is 19.2. The van der Waals surface area contributed by atoms with Gasteiger partial charge in [-0.25, -0.2) is 9.97 Å². The quantitative estimate of drug-likeness (QED) is 0.552. The van der Waals surface area contributed by atoms with Crippen LogP contribution >= 0.6 is 11.3 Å². The van der Waals surface area contributed by atoms with Crippen molar-refractivity contribution in [3.8, 4) is 11.3 Å². The first-order valence-electron chi connectivity index (χ1n) is 10.9. The van der Waals surface area contributed by atoms with E-state index in [0.29, 0.717) is 37.1 Å². The Morgan fingerprint density at radius 2 is 1.76 bits per heavy atom. The van der Waals surface area contributed by atoms with Gasteiger partial charge in [0.25, 0.3) is 0 Å². The summed E-state index contributed by atoms with van der Waals surface area (Å²) in [6, 6.07) is 6.69. The Labute approximate surface area is 200 Å². The second-order valence-electron chi connectivity index (χ2n) is 8.53. The third-order valence-electron chi connectivity index (χ3n) is 5.82. The Hall–Kier alpha value is -2.98. The Morgan fingerprint density at radius 3 is 2.35 bits per heavy atom. The van der Waals surface area contributed by atoms with Crippen molar-refractivity contribution in [1.29, 1.82) is 0 Å². The number of carbonyl (C=O) groups excluding carboxylic acids is 1. The number of alkyl halides is 3. The molecule has 0 radical (unpaired) electrons. The molecule has 1 N–H and O–H groups in total. The molecule has 0 atom stereocenters. The fourth-order valence-electron chi connectivity index (χ4n) is 4.27. The second-order valence-corrected chi connectivity index (χ2v) is 9.38. The van der Waals surface area contributed by atoms with Gasteiger partial charge in [0.15, 0.2) is 5.13 Å². The lowest BCUT2D eigenvalue weighted by molar-refractivity contribution is -0.137. The van der Waals surface area contributed by atoms with Crippen LogP contribution in [-0.4, -0.2) is 53.5 Å². The minimum atomic E-state index is -4.40. The van der Waals surface area contributed by atoms with Gasteiger partial charge in [-0.3, -0.25) is 9.69 Å². The van der Waals surface area contributed by atoms with Crippen LogP contribution in [0, 0.1) is 20.8 Å². The van der Waals surface area contributed by atoms with Crippen molar-refractivity contribution < 1.29 is 18.0 Å². The van der Waals surface area contributed by atoms with Gasteiger partial charge in [0, 0.05) is 43.3 Å². The van der Waals surface area contributed by atoms with Crippen molar-refractivity contribution in [3.05, 3.63) is 58.1 Å². The normalized spacial score (nSPS) is 14.9. The van der Waals surface area contributed by atoms with E-state index in [9.17, 15) is 18.0 Å². The average molecular weight is 490 g/mol. The van der Waals surface area contributed by atoms with E-state index in [2.05, 4.69) is 48.2 Å². The van der Waals surface area contributed by atoms with Gasteiger partial charge in [0.05, 0.1) is 17.8 Å². The first kappa shape index (κ1) is 24.2. The van der Waals surface area contributed by atoms with Gasteiger partial charge in [-0.05, 0) is 44.0 Å². The Kier molecular flexibility index (Phi) is 6.90. The number of nitrogens with zero attached hydrogens (tertiary/aromatic N) is 4. The lowest BCUT2D eigenvalue weighted by Gasteiger charge is -2.35. The average Bonchev–Trinajstić information content (AvgIpc) is 3.20. The molecule has 1 aromatic carbocycles. The van der Waals surface area contributed by atoms with Gasteiger partial charge in [0.1, 0.15) is 5.82 Å². The zero-order valence-corrected chi connectivity index (χ0v) is 20.1. The van der Waals surface area contributed by atoms with Gasteiger partial charge in [-0.15, -0.1) is 11.3 Å². The Bertz CT molecular complexity index is 1150. The fourth-order valence-corrected chi connectivity index (χ4v) is 4.99. The van der Waals surface area contributed by atoms with Crippen molar-refractivity contribution in [2.75, 3.05) is 42.9 Å². The lowest BCUT2D eigenvalue weighted by Crippen LogP contribution is -2.48. The number of halogens is 3. The summed E-state index contributed by atoms with van der Waals surface area (Å²) in [6.07, 6.45) is -3.54. The maximum atomic E-state index is 12.7. The molecule has 3 aromatic rings. The summed E-state index contributed by atoms with van der Waals surface area (Å²) in [4.78, 5) is 25.1. The van der Waals surface area contributed by atoms with Crippen LogP contribution in [0.5, 0.6) is 0 Å². The molecule has 180 valence electrons. The van der Waals surface area contributed by atoms with Crippen LogP contribution < -0.4 is 10.2 Å². The molecule has 1 fully saturated rings. The highest BCUT2D eigenvalue weighted by atomic mass is 32.1. The van der Waals surface area contributed by atoms with Crippen LogP contribution in [0.25, 0.3) is 11.3 Å². The molecule has 2 aromatic heterocycles. The van der Waals surface area contributed by atoms with Crippen LogP contribution in [0.15, 0.2) is 35.8 Å². The summed E-state index contributed by atoms with van der Waals surface area (Å²) in [5.74, 6) is 0.369. The van der Waals surface area contributed by atoms with Gasteiger partial charge >= 0.3 is 6.18 Å². The van der Waals surface area contributed by atoms with Gasteiger partial charge in [-0.1, -0.05) is 17.7 Å². The highest BCUT2D eigenvalue weighted by molar-refractivity contribution is 7.14. The van der Waals surface area contributed by atoms with Crippen LogP contribution in [0.4, 0.5) is 24.1 Å². The largest absolute Gasteiger partial charge is 0.417 e.